The zero-order chi connectivity index (χ0) is 15.6. The van der Waals surface area contributed by atoms with Gasteiger partial charge in [-0.25, -0.2) is 4.98 Å². The molecule has 0 aliphatic heterocycles. The van der Waals surface area contributed by atoms with E-state index < -0.39 is 0 Å². The first-order chi connectivity index (χ1) is 11.3. The lowest BCUT2D eigenvalue weighted by Crippen LogP contribution is -1.89. The number of hydrogen-bond acceptors (Lipinski definition) is 3. The third kappa shape index (κ3) is 2.66. The Balaban J connectivity index is 1.71. The molecule has 4 heteroatoms. The highest BCUT2D eigenvalue weighted by Crippen LogP contribution is 2.31. The number of fused-ring (bicyclic) bond motifs is 1. The molecule has 1 heterocycles. The molecule has 0 aliphatic rings. The molecule has 0 atom stereocenters. The lowest BCUT2D eigenvalue weighted by molar-refractivity contribution is 0.488. The van der Waals surface area contributed by atoms with E-state index in [-0.39, 0.29) is 0 Å². The number of hydrogen-bond donors (Lipinski definition) is 0. The van der Waals surface area contributed by atoms with Crippen LogP contribution >= 0.6 is 0 Å². The average Bonchev–Trinajstić information content (AvgIpc) is 3.02. The van der Waals surface area contributed by atoms with Crippen LogP contribution in [0.3, 0.4) is 0 Å². The van der Waals surface area contributed by atoms with Crippen molar-refractivity contribution in [2.45, 2.75) is 0 Å². The minimum Gasteiger partial charge on any atom is -0.457 e. The smallest absolute Gasteiger partial charge is 0.181 e. The summed E-state index contributed by atoms with van der Waals surface area (Å²) in [5.74, 6) is 2.30. The number of ether oxygens (including phenoxy) is 1. The van der Waals surface area contributed by atoms with Gasteiger partial charge in [0.15, 0.2) is 5.82 Å². The summed E-state index contributed by atoms with van der Waals surface area (Å²) in [6, 6.07) is 22.1. The van der Waals surface area contributed by atoms with E-state index in [1.54, 1.807) is 11.0 Å². The molecule has 0 aliphatic carbocycles. The first kappa shape index (κ1) is 13.5. The van der Waals surface area contributed by atoms with E-state index in [2.05, 4.69) is 28.3 Å². The summed E-state index contributed by atoms with van der Waals surface area (Å²) in [7, 11) is 1.85. The molecule has 23 heavy (non-hydrogen) atoms. The number of benzene rings is 3. The third-order valence-corrected chi connectivity index (χ3v) is 3.67. The predicted octanol–water partition coefficient (Wildman–Crippen LogP) is 4.43. The minimum absolute atomic E-state index is 0.691. The van der Waals surface area contributed by atoms with Crippen molar-refractivity contribution in [2.75, 3.05) is 0 Å². The Morgan fingerprint density at radius 1 is 0.913 bits per heavy atom. The Morgan fingerprint density at radius 3 is 2.61 bits per heavy atom. The first-order valence-electron chi connectivity index (χ1n) is 7.41. The van der Waals surface area contributed by atoms with Crippen LogP contribution in [0.1, 0.15) is 0 Å². The van der Waals surface area contributed by atoms with Crippen LogP contribution in [-0.2, 0) is 7.05 Å². The first-order valence-corrected chi connectivity index (χ1v) is 7.41. The van der Waals surface area contributed by atoms with Crippen LogP contribution in [0.5, 0.6) is 11.5 Å². The van der Waals surface area contributed by atoms with Gasteiger partial charge in [0.25, 0.3) is 0 Å². The standard InChI is InChI=1S/C19H15N3O/c1-22-13-20-19(21-22)15-8-4-9-16(12-15)23-18-11-5-7-14-6-2-3-10-17(14)18/h2-13H,1H3. The van der Waals surface area contributed by atoms with Gasteiger partial charge in [0.05, 0.1) is 0 Å². The molecular formula is C19H15N3O. The van der Waals surface area contributed by atoms with E-state index in [1.165, 1.54) is 0 Å². The highest BCUT2D eigenvalue weighted by molar-refractivity contribution is 5.88. The van der Waals surface area contributed by atoms with Gasteiger partial charge in [-0.05, 0) is 23.6 Å². The van der Waals surface area contributed by atoms with Crippen molar-refractivity contribution in [3.63, 3.8) is 0 Å². The molecule has 0 unspecified atom stereocenters. The molecule has 0 bridgehead atoms. The fourth-order valence-corrected chi connectivity index (χ4v) is 2.58. The van der Waals surface area contributed by atoms with Crippen LogP contribution in [-0.4, -0.2) is 14.8 Å². The molecule has 0 amide bonds. The summed E-state index contributed by atoms with van der Waals surface area (Å²) >= 11 is 0. The van der Waals surface area contributed by atoms with Crippen LogP contribution in [0.4, 0.5) is 0 Å². The maximum atomic E-state index is 6.10. The number of aromatic nitrogens is 3. The van der Waals surface area contributed by atoms with Crippen LogP contribution in [0, 0.1) is 0 Å². The van der Waals surface area contributed by atoms with Gasteiger partial charge in [-0.3, -0.25) is 4.68 Å². The largest absolute Gasteiger partial charge is 0.457 e. The summed E-state index contributed by atoms with van der Waals surface area (Å²) < 4.78 is 7.79. The Labute approximate surface area is 134 Å². The van der Waals surface area contributed by atoms with Crippen molar-refractivity contribution in [3.05, 3.63) is 73.1 Å². The van der Waals surface area contributed by atoms with Crippen molar-refractivity contribution in [1.29, 1.82) is 0 Å². The highest BCUT2D eigenvalue weighted by atomic mass is 16.5. The molecule has 0 spiro atoms. The normalized spacial score (nSPS) is 10.8. The number of aryl methyl sites for hydroxylation is 1. The summed E-state index contributed by atoms with van der Waals surface area (Å²) in [5.41, 5.74) is 0.934. The Kier molecular flexibility index (Phi) is 3.27. The maximum absolute atomic E-state index is 6.10. The SMILES string of the molecule is Cn1cnc(-c2cccc(Oc3cccc4ccccc34)c2)n1. The third-order valence-electron chi connectivity index (χ3n) is 3.67. The van der Waals surface area contributed by atoms with E-state index >= 15 is 0 Å². The lowest BCUT2D eigenvalue weighted by Gasteiger charge is -2.09. The van der Waals surface area contributed by atoms with Crippen LogP contribution in [0.25, 0.3) is 22.2 Å². The monoisotopic (exact) mass is 301 g/mol. The van der Waals surface area contributed by atoms with Crippen LogP contribution in [0.2, 0.25) is 0 Å². The van der Waals surface area contributed by atoms with Crippen LogP contribution < -0.4 is 4.74 Å². The van der Waals surface area contributed by atoms with Crippen molar-refractivity contribution >= 4 is 10.8 Å². The number of rotatable bonds is 3. The molecule has 112 valence electrons. The molecule has 1 aromatic heterocycles. The van der Waals surface area contributed by atoms with Crippen molar-refractivity contribution < 1.29 is 4.74 Å². The van der Waals surface area contributed by atoms with Gasteiger partial charge in [0, 0.05) is 18.0 Å². The maximum Gasteiger partial charge on any atom is 0.181 e. The Hall–Kier alpha value is -3.14. The lowest BCUT2D eigenvalue weighted by atomic mass is 10.1. The summed E-state index contributed by atoms with van der Waals surface area (Å²) in [5, 5.41) is 6.58. The van der Waals surface area contributed by atoms with Gasteiger partial charge in [-0.2, -0.15) is 5.10 Å². The minimum atomic E-state index is 0.691. The van der Waals surface area contributed by atoms with Gasteiger partial charge in [-0.15, -0.1) is 0 Å². The van der Waals surface area contributed by atoms with Crippen LogP contribution in [0.15, 0.2) is 73.1 Å². The molecule has 0 fully saturated rings. The second-order valence-corrected chi connectivity index (χ2v) is 5.35. The molecular weight excluding hydrogens is 286 g/mol. The van der Waals surface area contributed by atoms with E-state index in [1.807, 2.05) is 55.6 Å². The Bertz CT molecular complexity index is 970. The van der Waals surface area contributed by atoms with Gasteiger partial charge in [0.2, 0.25) is 0 Å². The quantitative estimate of drug-likeness (QED) is 0.562. The van der Waals surface area contributed by atoms with E-state index in [4.69, 9.17) is 4.74 Å². The van der Waals surface area contributed by atoms with Crippen molar-refractivity contribution in [3.8, 4) is 22.9 Å². The average molecular weight is 301 g/mol. The molecule has 4 nitrogen and oxygen atoms in total. The highest BCUT2D eigenvalue weighted by Gasteiger charge is 2.07. The van der Waals surface area contributed by atoms with Crippen molar-refractivity contribution in [1.82, 2.24) is 14.8 Å². The van der Waals surface area contributed by atoms with Gasteiger partial charge in [0.1, 0.15) is 17.8 Å². The van der Waals surface area contributed by atoms with Gasteiger partial charge in [-0.1, -0.05) is 48.5 Å². The van der Waals surface area contributed by atoms with E-state index in [0.29, 0.717) is 5.82 Å². The fraction of sp³-hybridized carbons (Fsp3) is 0.0526. The molecule has 0 saturated heterocycles. The van der Waals surface area contributed by atoms with E-state index in [9.17, 15) is 0 Å². The second-order valence-electron chi connectivity index (χ2n) is 5.35. The van der Waals surface area contributed by atoms with Crippen molar-refractivity contribution in [2.24, 2.45) is 7.05 Å². The molecule has 4 rings (SSSR count). The van der Waals surface area contributed by atoms with E-state index in [0.717, 1.165) is 27.8 Å². The fourth-order valence-electron chi connectivity index (χ4n) is 2.58. The topological polar surface area (TPSA) is 39.9 Å². The summed E-state index contributed by atoms with van der Waals surface area (Å²) in [6.07, 6.45) is 1.69. The van der Waals surface area contributed by atoms with Gasteiger partial charge >= 0.3 is 0 Å². The molecule has 0 radical (unpaired) electrons. The molecule has 0 N–H and O–H groups in total. The molecule has 0 saturated carbocycles. The number of nitrogens with zero attached hydrogens (tertiary/aromatic N) is 3. The molecule has 4 aromatic rings. The zero-order valence-corrected chi connectivity index (χ0v) is 12.7. The Morgan fingerprint density at radius 2 is 1.74 bits per heavy atom. The summed E-state index contributed by atoms with van der Waals surface area (Å²) in [4.78, 5) is 4.28. The summed E-state index contributed by atoms with van der Waals surface area (Å²) in [6.45, 7) is 0. The second kappa shape index (κ2) is 5.57. The predicted molar refractivity (Wildman–Crippen MR) is 90.5 cm³/mol. The van der Waals surface area contributed by atoms with Gasteiger partial charge < -0.3 is 4.74 Å². The molecule has 3 aromatic carbocycles. The zero-order valence-electron chi connectivity index (χ0n) is 12.7.